The quantitative estimate of drug-likeness (QED) is 0.338. The van der Waals surface area contributed by atoms with Crippen molar-refractivity contribution in [2.75, 3.05) is 0 Å². The Hall–Kier alpha value is -4.14. The van der Waals surface area contributed by atoms with E-state index in [1.807, 2.05) is 0 Å². The minimum atomic E-state index is -1.41. The Morgan fingerprint density at radius 3 is 2.35 bits per heavy atom. The van der Waals surface area contributed by atoms with Crippen LogP contribution in [-0.4, -0.2) is 36.6 Å². The van der Waals surface area contributed by atoms with Crippen molar-refractivity contribution in [2.45, 2.75) is 19.4 Å². The summed E-state index contributed by atoms with van der Waals surface area (Å²) >= 11 is 0. The third-order valence-corrected chi connectivity index (χ3v) is 5.42. The van der Waals surface area contributed by atoms with Gasteiger partial charge in [-0.3, -0.25) is 4.79 Å². The molecule has 0 saturated heterocycles. The smallest absolute Gasteiger partial charge is 0.335 e. The van der Waals surface area contributed by atoms with Crippen LogP contribution in [0.4, 0.5) is 0 Å². The number of carboxylic acid groups (broad SMARTS) is 1. The van der Waals surface area contributed by atoms with Crippen LogP contribution in [0.5, 0.6) is 34.5 Å². The van der Waals surface area contributed by atoms with Crippen LogP contribution in [-0.2, 0) is 6.42 Å². The topological polar surface area (TPSA) is 165 Å². The number of phenols is 4. The maximum Gasteiger partial charge on any atom is 0.335 e. The number of ether oxygens (including phenoxy) is 1. The molecule has 0 saturated carbocycles. The fraction of sp³-hybridized carbons (Fsp3) is 0.182. The van der Waals surface area contributed by atoms with Crippen LogP contribution in [0.3, 0.4) is 0 Å². The number of aromatic hydroxyl groups is 5. The minimum absolute atomic E-state index is 0.0253. The first kappa shape index (κ1) is 20.1. The van der Waals surface area contributed by atoms with Crippen LogP contribution in [0, 0.1) is 5.92 Å². The van der Waals surface area contributed by atoms with E-state index in [9.17, 15) is 40.2 Å². The number of carbonyl (C=O) groups is 1. The Morgan fingerprint density at radius 1 is 0.968 bits per heavy atom. The molecule has 0 bridgehead atoms. The predicted molar refractivity (Wildman–Crippen MR) is 108 cm³/mol. The summed E-state index contributed by atoms with van der Waals surface area (Å²) in [6, 6.07) is 5.53. The van der Waals surface area contributed by atoms with Crippen molar-refractivity contribution in [2.24, 2.45) is 5.92 Å². The highest BCUT2D eigenvalue weighted by atomic mass is 16.5. The summed E-state index contributed by atoms with van der Waals surface area (Å²) in [5.74, 6) is -4.28. The molecule has 4 rings (SSSR count). The van der Waals surface area contributed by atoms with Crippen molar-refractivity contribution in [3.63, 3.8) is 0 Å². The van der Waals surface area contributed by atoms with Crippen molar-refractivity contribution in [1.82, 2.24) is 0 Å². The van der Waals surface area contributed by atoms with Gasteiger partial charge in [-0.2, -0.15) is 0 Å². The molecule has 31 heavy (non-hydrogen) atoms. The molecule has 9 nitrogen and oxygen atoms in total. The van der Waals surface area contributed by atoms with E-state index in [0.717, 1.165) is 18.2 Å². The van der Waals surface area contributed by atoms with Gasteiger partial charge < -0.3 is 35.4 Å². The van der Waals surface area contributed by atoms with Gasteiger partial charge in [0.05, 0.1) is 10.9 Å². The molecule has 1 aliphatic heterocycles. The molecule has 1 heterocycles. The van der Waals surface area contributed by atoms with Crippen LogP contribution < -0.4 is 10.2 Å². The standard InChI is InChI=1S/C22H18O9/c1-8-2-13-14(24)5-10(23)6-17(13)31-21(8)12-7-16(26)20(28)18-11(12)3-9(22(29)30)4-15(25)19(18)27/h3-8,21,23-24,26,28H,2H2,1H3,(H,25,27)(H,29,30). The highest BCUT2D eigenvalue weighted by molar-refractivity contribution is 5.98. The van der Waals surface area contributed by atoms with E-state index in [4.69, 9.17) is 4.74 Å². The molecular formula is C22H18O9. The zero-order valence-corrected chi connectivity index (χ0v) is 16.2. The second-order valence-corrected chi connectivity index (χ2v) is 7.55. The van der Waals surface area contributed by atoms with Gasteiger partial charge in [-0.05, 0) is 30.0 Å². The third-order valence-electron chi connectivity index (χ3n) is 5.42. The van der Waals surface area contributed by atoms with Gasteiger partial charge in [-0.25, -0.2) is 4.79 Å². The molecule has 2 atom stereocenters. The molecule has 0 amide bonds. The molecule has 3 aromatic rings. The SMILES string of the molecule is CC1Cc2c(O)cc(O)cc2OC1c1cc(O)c(O)c2c(=O)c(O)cc(C(=O)O)cc12. The van der Waals surface area contributed by atoms with Gasteiger partial charge in [0.2, 0.25) is 5.43 Å². The molecule has 0 aromatic heterocycles. The predicted octanol–water partition coefficient (Wildman–Crippen LogP) is 2.74. The maximum absolute atomic E-state index is 12.7. The Kier molecular flexibility index (Phi) is 4.53. The normalized spacial score (nSPS) is 17.7. The lowest BCUT2D eigenvalue weighted by atomic mass is 9.86. The number of aromatic carboxylic acids is 1. The van der Waals surface area contributed by atoms with Crippen molar-refractivity contribution >= 4 is 16.7 Å². The van der Waals surface area contributed by atoms with Crippen molar-refractivity contribution in [3.8, 4) is 34.5 Å². The van der Waals surface area contributed by atoms with Crippen molar-refractivity contribution in [1.29, 1.82) is 0 Å². The molecule has 6 N–H and O–H groups in total. The first-order valence-electron chi connectivity index (χ1n) is 9.29. The molecular weight excluding hydrogens is 408 g/mol. The van der Waals surface area contributed by atoms with Gasteiger partial charge in [-0.15, -0.1) is 0 Å². The summed E-state index contributed by atoms with van der Waals surface area (Å²) in [6.45, 7) is 1.78. The third kappa shape index (κ3) is 3.20. The molecule has 0 aliphatic carbocycles. The van der Waals surface area contributed by atoms with Crippen LogP contribution in [0.25, 0.3) is 10.8 Å². The summed E-state index contributed by atoms with van der Waals surface area (Å²) in [7, 11) is 0. The van der Waals surface area contributed by atoms with Crippen molar-refractivity contribution < 1.29 is 40.2 Å². The first-order valence-corrected chi connectivity index (χ1v) is 9.29. The zero-order chi connectivity index (χ0) is 22.6. The second kappa shape index (κ2) is 6.98. The monoisotopic (exact) mass is 426 g/mol. The first-order chi connectivity index (χ1) is 14.6. The highest BCUT2D eigenvalue weighted by Gasteiger charge is 2.33. The highest BCUT2D eigenvalue weighted by Crippen LogP contribution is 2.47. The molecule has 9 heteroatoms. The van der Waals surface area contributed by atoms with Gasteiger partial charge in [-0.1, -0.05) is 6.92 Å². The van der Waals surface area contributed by atoms with E-state index in [-0.39, 0.29) is 34.1 Å². The molecule has 0 fully saturated rings. The van der Waals surface area contributed by atoms with Gasteiger partial charge in [0, 0.05) is 29.2 Å². The molecule has 160 valence electrons. The number of phenolic OH excluding ortho intramolecular Hbond substituents is 4. The largest absolute Gasteiger partial charge is 0.508 e. The van der Waals surface area contributed by atoms with Crippen LogP contribution in [0.1, 0.15) is 34.5 Å². The Balaban J connectivity index is 2.04. The lowest BCUT2D eigenvalue weighted by Gasteiger charge is -2.33. The Bertz CT molecular complexity index is 1310. The fourth-order valence-electron chi connectivity index (χ4n) is 3.95. The van der Waals surface area contributed by atoms with E-state index in [2.05, 4.69) is 0 Å². The molecule has 3 aromatic carbocycles. The summed E-state index contributed by atoms with van der Waals surface area (Å²) < 4.78 is 5.97. The summed E-state index contributed by atoms with van der Waals surface area (Å²) in [5, 5.41) is 59.4. The molecule has 2 unspecified atom stereocenters. The van der Waals surface area contributed by atoms with Crippen molar-refractivity contribution in [3.05, 3.63) is 57.2 Å². The number of rotatable bonds is 2. The number of fused-ring (bicyclic) bond motifs is 2. The molecule has 0 spiro atoms. The van der Waals surface area contributed by atoms with E-state index in [1.165, 1.54) is 12.1 Å². The number of carboxylic acids is 1. The number of hydrogen-bond acceptors (Lipinski definition) is 8. The Morgan fingerprint density at radius 2 is 1.68 bits per heavy atom. The summed E-state index contributed by atoms with van der Waals surface area (Å²) in [5.41, 5.74) is -0.805. The lowest BCUT2D eigenvalue weighted by molar-refractivity contribution is 0.0696. The maximum atomic E-state index is 12.7. The average molecular weight is 426 g/mol. The molecule has 1 aliphatic rings. The van der Waals surface area contributed by atoms with Gasteiger partial charge in [0.25, 0.3) is 0 Å². The summed E-state index contributed by atoms with van der Waals surface area (Å²) in [6.07, 6.45) is -0.525. The van der Waals surface area contributed by atoms with Crippen LogP contribution in [0.2, 0.25) is 0 Å². The van der Waals surface area contributed by atoms with E-state index >= 15 is 0 Å². The second-order valence-electron chi connectivity index (χ2n) is 7.55. The van der Waals surface area contributed by atoms with E-state index < -0.39 is 45.7 Å². The summed E-state index contributed by atoms with van der Waals surface area (Å²) in [4.78, 5) is 24.2. The molecule has 0 radical (unpaired) electrons. The van der Waals surface area contributed by atoms with Gasteiger partial charge >= 0.3 is 5.97 Å². The number of hydrogen-bond donors (Lipinski definition) is 6. The average Bonchev–Trinajstić information content (AvgIpc) is 2.82. The fourth-order valence-corrected chi connectivity index (χ4v) is 3.95. The van der Waals surface area contributed by atoms with E-state index in [0.29, 0.717) is 12.0 Å². The van der Waals surface area contributed by atoms with Gasteiger partial charge in [0.1, 0.15) is 23.4 Å². The van der Waals surface area contributed by atoms with Gasteiger partial charge in [0.15, 0.2) is 17.2 Å². The minimum Gasteiger partial charge on any atom is -0.508 e. The van der Waals surface area contributed by atoms with Crippen LogP contribution >= 0.6 is 0 Å². The lowest BCUT2D eigenvalue weighted by Crippen LogP contribution is -2.24. The van der Waals surface area contributed by atoms with E-state index in [1.54, 1.807) is 6.92 Å². The number of benzene rings is 2. The zero-order valence-electron chi connectivity index (χ0n) is 16.2. The van der Waals surface area contributed by atoms with Crippen LogP contribution in [0.15, 0.2) is 35.1 Å². The Labute approximate surface area is 174 Å².